The van der Waals surface area contributed by atoms with E-state index in [9.17, 15) is 14.4 Å². The number of ether oxygens (including phenoxy) is 1. The van der Waals surface area contributed by atoms with Gasteiger partial charge in [0.1, 0.15) is 0 Å². The lowest BCUT2D eigenvalue weighted by Crippen LogP contribution is -2.21. The largest absolute Gasteiger partial charge is 0.456 e. The standard InChI is InChI=1S/C20H20BrNO4/c1-13-6-7-14(2)17(10-13)18(23)8-9-20(25)26-12-19(24)22-16-5-3-4-15(21)11-16/h3-7,10-11H,8-9,12H2,1-2H3,(H,22,24). The molecule has 26 heavy (non-hydrogen) atoms. The molecule has 5 nitrogen and oxygen atoms in total. The lowest BCUT2D eigenvalue weighted by molar-refractivity contribution is -0.147. The number of ketones is 1. The number of esters is 1. The number of nitrogens with one attached hydrogen (secondary N) is 1. The number of hydrogen-bond donors (Lipinski definition) is 1. The zero-order valence-electron chi connectivity index (χ0n) is 14.7. The normalized spacial score (nSPS) is 10.3. The first-order valence-electron chi connectivity index (χ1n) is 8.16. The third-order valence-electron chi connectivity index (χ3n) is 3.72. The van der Waals surface area contributed by atoms with Crippen molar-refractivity contribution in [2.75, 3.05) is 11.9 Å². The molecule has 1 amide bonds. The van der Waals surface area contributed by atoms with Crippen molar-refractivity contribution in [1.29, 1.82) is 0 Å². The Bertz CT molecular complexity index is 832. The maximum Gasteiger partial charge on any atom is 0.306 e. The molecular formula is C20H20BrNO4. The van der Waals surface area contributed by atoms with Crippen molar-refractivity contribution in [2.45, 2.75) is 26.7 Å². The van der Waals surface area contributed by atoms with E-state index in [4.69, 9.17) is 4.74 Å². The summed E-state index contributed by atoms with van der Waals surface area (Å²) in [6.45, 7) is 3.38. The number of carbonyl (C=O) groups is 3. The Labute approximate surface area is 160 Å². The fourth-order valence-corrected chi connectivity index (χ4v) is 2.77. The maximum atomic E-state index is 12.2. The summed E-state index contributed by atoms with van der Waals surface area (Å²) in [6.07, 6.45) is -0.00718. The molecule has 2 rings (SSSR count). The number of rotatable bonds is 7. The molecule has 0 spiro atoms. The first kappa shape index (κ1) is 19.8. The number of carbonyl (C=O) groups excluding carboxylic acids is 3. The first-order valence-corrected chi connectivity index (χ1v) is 8.96. The van der Waals surface area contributed by atoms with Gasteiger partial charge in [0.25, 0.3) is 5.91 Å². The van der Waals surface area contributed by atoms with Gasteiger partial charge in [-0.25, -0.2) is 0 Å². The minimum absolute atomic E-state index is 0.0520. The second kappa shape index (κ2) is 9.29. The van der Waals surface area contributed by atoms with Gasteiger partial charge in [-0.1, -0.05) is 39.7 Å². The summed E-state index contributed by atoms with van der Waals surface area (Å²) in [6, 6.07) is 12.7. The summed E-state index contributed by atoms with van der Waals surface area (Å²) >= 11 is 3.31. The molecule has 0 heterocycles. The minimum Gasteiger partial charge on any atom is -0.456 e. The molecule has 0 fully saturated rings. The molecule has 2 aromatic rings. The van der Waals surface area contributed by atoms with E-state index < -0.39 is 11.9 Å². The van der Waals surface area contributed by atoms with Gasteiger partial charge in [-0.15, -0.1) is 0 Å². The predicted octanol–water partition coefficient (Wildman–Crippen LogP) is 4.21. The molecule has 0 saturated carbocycles. The van der Waals surface area contributed by atoms with Gasteiger partial charge >= 0.3 is 5.97 Å². The first-order chi connectivity index (χ1) is 12.3. The molecule has 6 heteroatoms. The maximum absolute atomic E-state index is 12.2. The van der Waals surface area contributed by atoms with Gasteiger partial charge in [-0.05, 0) is 43.7 Å². The Morgan fingerprint density at radius 3 is 2.54 bits per heavy atom. The van der Waals surface area contributed by atoms with Crippen LogP contribution in [0.3, 0.4) is 0 Å². The molecule has 0 aliphatic heterocycles. The monoisotopic (exact) mass is 417 g/mol. The van der Waals surface area contributed by atoms with Crippen LogP contribution in [0.2, 0.25) is 0 Å². The fraction of sp³-hybridized carbons (Fsp3) is 0.250. The second-order valence-corrected chi connectivity index (χ2v) is 6.88. The fourth-order valence-electron chi connectivity index (χ4n) is 2.37. The lowest BCUT2D eigenvalue weighted by Gasteiger charge is -2.08. The molecule has 0 radical (unpaired) electrons. The van der Waals surface area contributed by atoms with Crippen LogP contribution in [0.4, 0.5) is 5.69 Å². The van der Waals surface area contributed by atoms with E-state index in [1.807, 2.05) is 38.1 Å². The summed E-state index contributed by atoms with van der Waals surface area (Å²) < 4.78 is 5.76. The van der Waals surface area contributed by atoms with Crippen LogP contribution >= 0.6 is 15.9 Å². The van der Waals surface area contributed by atoms with Crippen molar-refractivity contribution in [3.8, 4) is 0 Å². The number of amides is 1. The molecule has 0 aromatic heterocycles. The molecule has 2 aromatic carbocycles. The Morgan fingerprint density at radius 2 is 1.81 bits per heavy atom. The van der Waals surface area contributed by atoms with Gasteiger partial charge < -0.3 is 10.1 Å². The average Bonchev–Trinajstić information content (AvgIpc) is 2.60. The van der Waals surface area contributed by atoms with E-state index in [1.54, 1.807) is 18.2 Å². The molecule has 0 unspecified atom stereocenters. The number of halogens is 1. The Kier molecular flexibility index (Phi) is 7.09. The Morgan fingerprint density at radius 1 is 1.04 bits per heavy atom. The topological polar surface area (TPSA) is 72.5 Å². The summed E-state index contributed by atoms with van der Waals surface area (Å²) in [7, 11) is 0. The number of aryl methyl sites for hydroxylation is 2. The van der Waals surface area contributed by atoms with Crippen molar-refractivity contribution >= 4 is 39.3 Å². The highest BCUT2D eigenvalue weighted by Crippen LogP contribution is 2.16. The lowest BCUT2D eigenvalue weighted by atomic mass is 9.99. The van der Waals surface area contributed by atoms with Gasteiger partial charge in [0.15, 0.2) is 12.4 Å². The van der Waals surface area contributed by atoms with E-state index in [-0.39, 0.29) is 25.2 Å². The molecule has 0 saturated heterocycles. The third-order valence-corrected chi connectivity index (χ3v) is 4.22. The molecule has 0 atom stereocenters. The zero-order chi connectivity index (χ0) is 19.1. The SMILES string of the molecule is Cc1ccc(C)c(C(=O)CCC(=O)OCC(=O)Nc2cccc(Br)c2)c1. The second-order valence-electron chi connectivity index (χ2n) is 5.96. The van der Waals surface area contributed by atoms with Gasteiger partial charge in [0.2, 0.25) is 0 Å². The number of anilines is 1. The number of hydrogen-bond acceptors (Lipinski definition) is 4. The summed E-state index contributed by atoms with van der Waals surface area (Å²) in [4.78, 5) is 35.8. The van der Waals surface area contributed by atoms with Gasteiger partial charge in [-0.2, -0.15) is 0 Å². The van der Waals surface area contributed by atoms with Crippen LogP contribution in [-0.2, 0) is 14.3 Å². The molecule has 0 aliphatic rings. The smallest absolute Gasteiger partial charge is 0.306 e. The van der Waals surface area contributed by atoms with E-state index in [0.717, 1.165) is 15.6 Å². The van der Waals surface area contributed by atoms with E-state index in [0.29, 0.717) is 11.3 Å². The van der Waals surface area contributed by atoms with Gasteiger partial charge in [-0.3, -0.25) is 14.4 Å². The van der Waals surface area contributed by atoms with Crippen LogP contribution < -0.4 is 5.32 Å². The summed E-state index contributed by atoms with van der Waals surface area (Å²) in [5.41, 5.74) is 3.09. The highest BCUT2D eigenvalue weighted by molar-refractivity contribution is 9.10. The van der Waals surface area contributed by atoms with E-state index >= 15 is 0 Å². The highest BCUT2D eigenvalue weighted by Gasteiger charge is 2.14. The van der Waals surface area contributed by atoms with Crippen LogP contribution in [0.25, 0.3) is 0 Å². The third kappa shape index (κ3) is 6.11. The van der Waals surface area contributed by atoms with Crippen molar-refractivity contribution in [1.82, 2.24) is 0 Å². The quantitative estimate of drug-likeness (QED) is 0.540. The van der Waals surface area contributed by atoms with Crippen molar-refractivity contribution < 1.29 is 19.1 Å². The van der Waals surface area contributed by atoms with Gasteiger partial charge in [0, 0.05) is 22.1 Å². The molecule has 0 aliphatic carbocycles. The van der Waals surface area contributed by atoms with Crippen LogP contribution in [0, 0.1) is 13.8 Å². The Hall–Kier alpha value is -2.47. The van der Waals surface area contributed by atoms with Crippen LogP contribution in [-0.4, -0.2) is 24.3 Å². The minimum atomic E-state index is -0.576. The zero-order valence-corrected chi connectivity index (χ0v) is 16.3. The van der Waals surface area contributed by atoms with Crippen LogP contribution in [0.5, 0.6) is 0 Å². The molecule has 1 N–H and O–H groups in total. The highest BCUT2D eigenvalue weighted by atomic mass is 79.9. The van der Waals surface area contributed by atoms with Crippen molar-refractivity contribution in [3.63, 3.8) is 0 Å². The van der Waals surface area contributed by atoms with Crippen LogP contribution in [0.1, 0.15) is 34.3 Å². The predicted molar refractivity (Wildman–Crippen MR) is 103 cm³/mol. The van der Waals surface area contributed by atoms with Crippen molar-refractivity contribution in [3.05, 3.63) is 63.6 Å². The van der Waals surface area contributed by atoms with Gasteiger partial charge in [0.05, 0.1) is 6.42 Å². The molecule has 136 valence electrons. The van der Waals surface area contributed by atoms with E-state index in [2.05, 4.69) is 21.2 Å². The van der Waals surface area contributed by atoms with Crippen LogP contribution in [0.15, 0.2) is 46.9 Å². The summed E-state index contributed by atoms with van der Waals surface area (Å²) in [5, 5.41) is 2.63. The van der Waals surface area contributed by atoms with E-state index in [1.165, 1.54) is 0 Å². The molecule has 0 bridgehead atoms. The number of Topliss-reactive ketones (excluding diaryl/α,β-unsaturated/α-hetero) is 1. The summed E-state index contributed by atoms with van der Waals surface area (Å²) in [5.74, 6) is -1.12. The number of benzene rings is 2. The van der Waals surface area contributed by atoms with Crippen molar-refractivity contribution in [2.24, 2.45) is 0 Å². The average molecular weight is 418 g/mol. The Balaban J connectivity index is 1.77. The molecular weight excluding hydrogens is 398 g/mol.